The summed E-state index contributed by atoms with van der Waals surface area (Å²) in [5.41, 5.74) is 2.78. The Morgan fingerprint density at radius 2 is 1.03 bits per heavy atom. The Kier molecular flexibility index (Phi) is 18.7. The molecule has 5 aromatic heterocycles. The zero-order valence-electron chi connectivity index (χ0n) is 42.0. The Balaban J connectivity index is 0.000000149. The van der Waals surface area contributed by atoms with Crippen molar-refractivity contribution in [3.63, 3.8) is 0 Å². The van der Waals surface area contributed by atoms with Gasteiger partial charge in [0, 0.05) is 78.1 Å². The van der Waals surface area contributed by atoms with Crippen molar-refractivity contribution < 1.29 is 36.9 Å². The number of halogens is 6. The topological polar surface area (TPSA) is 244 Å². The number of aromatic nitrogens is 6. The van der Waals surface area contributed by atoms with Crippen LogP contribution in [0.4, 0.5) is 40.8 Å². The Labute approximate surface area is 451 Å². The minimum atomic E-state index is -1.66. The summed E-state index contributed by atoms with van der Waals surface area (Å²) in [6.07, 6.45) is 6.19. The van der Waals surface area contributed by atoms with Crippen LogP contribution in [0.15, 0.2) is 65.8 Å². The highest BCUT2D eigenvalue weighted by Crippen LogP contribution is 2.37. The predicted octanol–water partition coefficient (Wildman–Crippen LogP) is 5.86. The van der Waals surface area contributed by atoms with E-state index in [1.165, 1.54) is 12.3 Å². The van der Waals surface area contributed by atoms with E-state index in [0.29, 0.717) is 115 Å². The highest BCUT2D eigenvalue weighted by molar-refractivity contribution is 9.10. The van der Waals surface area contributed by atoms with E-state index in [1.54, 1.807) is 58.9 Å². The number of pyridine rings is 4. The van der Waals surface area contributed by atoms with Crippen LogP contribution in [0.25, 0.3) is 11.3 Å². The highest BCUT2D eigenvalue weighted by Gasteiger charge is 2.52. The molecule has 0 aromatic carbocycles. The van der Waals surface area contributed by atoms with Crippen molar-refractivity contribution in [1.82, 2.24) is 29.9 Å². The van der Waals surface area contributed by atoms with Gasteiger partial charge in [-0.2, -0.15) is 21.0 Å². The second-order valence-corrected chi connectivity index (χ2v) is 20.6. The fourth-order valence-corrected chi connectivity index (χ4v) is 9.18. The molecule has 2 N–H and O–H groups in total. The third-order valence-corrected chi connectivity index (χ3v) is 14.0. The van der Waals surface area contributed by atoms with Gasteiger partial charge in [0.15, 0.2) is 0 Å². The Morgan fingerprint density at radius 1 is 0.618 bits per heavy atom. The van der Waals surface area contributed by atoms with Gasteiger partial charge in [-0.15, -0.1) is 0 Å². The van der Waals surface area contributed by atoms with Crippen LogP contribution in [0.1, 0.15) is 75.6 Å². The molecule has 26 heteroatoms. The molecule has 5 fully saturated rings. The zero-order chi connectivity index (χ0) is 54.9. The molecule has 0 unspecified atom stereocenters. The number of alkyl halides is 4. The van der Waals surface area contributed by atoms with E-state index in [9.17, 15) is 28.1 Å². The number of hydrogen-bond acceptors (Lipinski definition) is 18. The van der Waals surface area contributed by atoms with Gasteiger partial charge in [0.05, 0.1) is 65.3 Å². The van der Waals surface area contributed by atoms with Gasteiger partial charge >= 0.3 is 14.2 Å². The zero-order valence-corrected chi connectivity index (χ0v) is 44.3. The summed E-state index contributed by atoms with van der Waals surface area (Å²) >= 11 is 9.01. The van der Waals surface area contributed by atoms with Crippen LogP contribution in [0.5, 0.6) is 0 Å². The van der Waals surface area contributed by atoms with Gasteiger partial charge in [-0.1, -0.05) is 0 Å². The predicted molar refractivity (Wildman–Crippen MR) is 282 cm³/mol. The molecule has 0 spiro atoms. The van der Waals surface area contributed by atoms with E-state index in [2.05, 4.69) is 64.0 Å². The molecule has 18 nitrogen and oxygen atoms in total. The molecule has 10 rings (SSSR count). The first-order valence-electron chi connectivity index (χ1n) is 24.3. The van der Waals surface area contributed by atoms with Crippen molar-refractivity contribution in [2.24, 2.45) is 0 Å². The average Bonchev–Trinajstić information content (AvgIpc) is 4.28. The van der Waals surface area contributed by atoms with Crippen LogP contribution in [0.2, 0.25) is 5.28 Å². The summed E-state index contributed by atoms with van der Waals surface area (Å²) in [7, 11) is -2.21. The minimum absolute atomic E-state index is 0.134. The third-order valence-electron chi connectivity index (χ3n) is 13.4. The summed E-state index contributed by atoms with van der Waals surface area (Å²) in [6, 6.07) is 16.4. The van der Waals surface area contributed by atoms with E-state index < -0.39 is 50.1 Å². The normalized spacial score (nSPS) is 21.0. The van der Waals surface area contributed by atoms with E-state index in [1.807, 2.05) is 43.6 Å². The molecular formula is C50H52B2BrClF4N14O4. The van der Waals surface area contributed by atoms with Crippen LogP contribution in [0.3, 0.4) is 0 Å². The van der Waals surface area contributed by atoms with E-state index in [0.717, 1.165) is 4.47 Å². The van der Waals surface area contributed by atoms with E-state index >= 15 is 0 Å². The van der Waals surface area contributed by atoms with Crippen LogP contribution in [0, 0.1) is 45.3 Å². The summed E-state index contributed by atoms with van der Waals surface area (Å²) < 4.78 is 65.5. The molecule has 0 saturated carbocycles. The van der Waals surface area contributed by atoms with Gasteiger partial charge < -0.3 is 39.0 Å². The quantitative estimate of drug-likeness (QED) is 0.110. The maximum atomic E-state index is 13.4. The molecular weight excluding hydrogens is 1070 g/mol. The number of nitriles is 4. The van der Waals surface area contributed by atoms with Gasteiger partial charge in [0.2, 0.25) is 5.28 Å². The van der Waals surface area contributed by atoms with Gasteiger partial charge in [0.1, 0.15) is 72.2 Å². The van der Waals surface area contributed by atoms with E-state index in [-0.39, 0.29) is 35.9 Å². The Morgan fingerprint density at radius 3 is 1.45 bits per heavy atom. The first-order chi connectivity index (χ1) is 36.2. The molecule has 0 radical (unpaired) electrons. The number of anilines is 4. The van der Waals surface area contributed by atoms with Crippen LogP contribution < -0.4 is 30.5 Å². The maximum absolute atomic E-state index is 13.4. The fourth-order valence-electron chi connectivity index (χ4n) is 8.70. The lowest BCUT2D eigenvalue weighted by molar-refractivity contribution is 0.00578. The summed E-state index contributed by atoms with van der Waals surface area (Å²) in [6.45, 7) is 11.3. The second kappa shape index (κ2) is 25.0. The molecule has 10 heterocycles. The molecule has 76 heavy (non-hydrogen) atoms. The molecule has 5 aliphatic rings. The average molecular weight is 1130 g/mol. The first kappa shape index (κ1) is 57.0. The smallest absolute Gasteiger partial charge is 0.423 e. The summed E-state index contributed by atoms with van der Waals surface area (Å²) in [4.78, 5) is 31.9. The molecule has 0 amide bonds. The molecule has 4 atom stereocenters. The van der Waals surface area contributed by atoms with Crippen molar-refractivity contribution in [3.8, 4) is 35.5 Å². The Bertz CT molecular complexity index is 3040. The third kappa shape index (κ3) is 13.8. The lowest BCUT2D eigenvalue weighted by Gasteiger charge is -2.32. The molecule has 5 aliphatic heterocycles. The lowest BCUT2D eigenvalue weighted by Crippen LogP contribution is -2.41. The van der Waals surface area contributed by atoms with Crippen molar-refractivity contribution >= 4 is 76.0 Å². The fraction of sp³-hybridized carbons (Fsp3) is 0.440. The lowest BCUT2D eigenvalue weighted by atomic mass is 9.79. The maximum Gasteiger partial charge on any atom is 0.496 e. The first-order valence-corrected chi connectivity index (χ1v) is 25.4. The molecule has 394 valence electrons. The van der Waals surface area contributed by atoms with Crippen molar-refractivity contribution in [2.45, 2.75) is 89.3 Å². The molecule has 5 aromatic rings. The van der Waals surface area contributed by atoms with Gasteiger partial charge in [0.25, 0.3) is 0 Å². The van der Waals surface area contributed by atoms with E-state index in [4.69, 9.17) is 41.5 Å². The standard InChI is InChI=1S/C16H21BFN3O2.C14H11ClFN5.C10H11BFN3O2.C10H9BrFN3/c1-15(2)16(3,4)23-17(22-15)12-7-11(8-19)14(20-9-12)21-6-5-13(18)10-21;15-14-18-3-1-12(20-14)10-5-9(6-17)13(19-7-10)21-4-2-11(16)8-21;12-9-1-2-15(6-9)10-7(4-13)3-8(5-14-10)11(16)17;11-8-3-7(4-13)10(14-5-8)15-2-1-9(12)6-15/h7,9,13H,5-6,10H2,1-4H3;1,3,5,7,11H,2,4,8H2;3,5,9,16-17H,1-2,6H2;3,5,9H,1-2,6H2/t13-;11-;2*9-/m0000/s1. The van der Waals surface area contributed by atoms with Crippen LogP contribution in [-0.2, 0) is 9.31 Å². The second-order valence-electron chi connectivity index (χ2n) is 19.3. The van der Waals surface area contributed by atoms with Gasteiger partial charge in [-0.3, -0.25) is 0 Å². The van der Waals surface area contributed by atoms with Gasteiger partial charge in [-0.25, -0.2) is 47.5 Å². The van der Waals surface area contributed by atoms with Crippen LogP contribution in [-0.4, -0.2) is 142 Å². The Hall–Kier alpha value is -6.70. The molecule has 0 aliphatic carbocycles. The van der Waals surface area contributed by atoms with Crippen LogP contribution >= 0.6 is 27.5 Å². The molecule has 5 saturated heterocycles. The molecule has 0 bridgehead atoms. The van der Waals surface area contributed by atoms with Gasteiger partial charge in [-0.05, 0) is 111 Å². The number of nitrogens with zero attached hydrogens (tertiary/aromatic N) is 14. The number of rotatable bonds is 7. The minimum Gasteiger partial charge on any atom is -0.423 e. The summed E-state index contributed by atoms with van der Waals surface area (Å²) in [5.74, 6) is 2.03. The van der Waals surface area contributed by atoms with Crippen molar-refractivity contribution in [2.75, 3.05) is 72.0 Å². The SMILES string of the molecule is CC1(C)OB(c2cnc(N3CC[C@H](F)C3)c(C#N)c2)OC1(C)C.N#Cc1cc(-c2ccnc(Cl)n2)cnc1N1CC[C@H](F)C1.N#Cc1cc(B(O)O)cnc1N1CC[C@H](F)C1.N#Cc1cc(Br)cnc1N1CC[C@H](F)C1. The van der Waals surface area contributed by atoms with Crippen molar-refractivity contribution in [3.05, 3.63) is 93.3 Å². The highest BCUT2D eigenvalue weighted by atomic mass is 79.9. The number of hydrogen-bond donors (Lipinski definition) is 2. The monoisotopic (exact) mass is 1120 g/mol. The van der Waals surface area contributed by atoms with Crippen molar-refractivity contribution in [1.29, 1.82) is 21.0 Å². The summed E-state index contributed by atoms with van der Waals surface area (Å²) in [5, 5.41) is 54.7. The largest absolute Gasteiger partial charge is 0.496 e.